The summed E-state index contributed by atoms with van der Waals surface area (Å²) in [4.78, 5) is 10.9. The Kier molecular flexibility index (Phi) is 12.2. The molecule has 0 aliphatic carbocycles. The molecule has 0 heterocycles. The fourth-order valence-corrected chi connectivity index (χ4v) is 3.06. The Labute approximate surface area is 149 Å². The maximum atomic E-state index is 10.9. The lowest BCUT2D eigenvalue weighted by Gasteiger charge is -2.05. The van der Waals surface area contributed by atoms with Crippen LogP contribution >= 0.6 is 0 Å². The van der Waals surface area contributed by atoms with E-state index in [4.69, 9.17) is 4.74 Å². The summed E-state index contributed by atoms with van der Waals surface area (Å²) in [6, 6.07) is 7.90. The summed E-state index contributed by atoms with van der Waals surface area (Å²) >= 11 is 0. The molecule has 0 bridgehead atoms. The minimum atomic E-state index is -0.260. The zero-order valence-corrected chi connectivity index (χ0v) is 15.8. The van der Waals surface area contributed by atoms with Gasteiger partial charge in [0.25, 0.3) is 0 Å². The summed E-state index contributed by atoms with van der Waals surface area (Å²) in [7, 11) is 0. The van der Waals surface area contributed by atoms with Gasteiger partial charge in [0.1, 0.15) is 5.75 Å². The first-order valence-electron chi connectivity index (χ1n) is 9.99. The van der Waals surface area contributed by atoms with Gasteiger partial charge in [0.05, 0.1) is 0 Å². The van der Waals surface area contributed by atoms with Crippen molar-refractivity contribution in [2.24, 2.45) is 0 Å². The third-order valence-corrected chi connectivity index (χ3v) is 4.50. The Morgan fingerprint density at radius 2 is 1.21 bits per heavy atom. The van der Waals surface area contributed by atoms with Gasteiger partial charge >= 0.3 is 5.97 Å². The van der Waals surface area contributed by atoms with Crippen molar-refractivity contribution < 1.29 is 9.53 Å². The quantitative estimate of drug-likeness (QED) is 0.211. The van der Waals surface area contributed by atoms with E-state index in [1.54, 1.807) is 0 Å². The topological polar surface area (TPSA) is 26.3 Å². The Bertz CT molecular complexity index is 422. The number of rotatable bonds is 14. The fraction of sp³-hybridized carbons (Fsp3) is 0.682. The lowest BCUT2D eigenvalue weighted by Crippen LogP contribution is -2.01. The van der Waals surface area contributed by atoms with Crippen LogP contribution in [0.1, 0.15) is 96.5 Å². The van der Waals surface area contributed by atoms with Crippen LogP contribution in [0.5, 0.6) is 5.75 Å². The summed E-state index contributed by atoms with van der Waals surface area (Å²) in [5.74, 6) is 0.379. The molecule has 2 heteroatoms. The molecule has 0 aliphatic heterocycles. The van der Waals surface area contributed by atoms with Crippen molar-refractivity contribution in [1.29, 1.82) is 0 Å². The number of benzene rings is 1. The zero-order chi connectivity index (χ0) is 17.5. The average Bonchev–Trinajstić information content (AvgIpc) is 2.57. The molecule has 0 N–H and O–H groups in total. The van der Waals surface area contributed by atoms with E-state index in [-0.39, 0.29) is 5.97 Å². The molecule has 1 aromatic rings. The van der Waals surface area contributed by atoms with Crippen LogP contribution in [0.3, 0.4) is 0 Å². The minimum Gasteiger partial charge on any atom is -0.427 e. The number of ether oxygens (including phenoxy) is 1. The SMILES string of the molecule is CCCCCCCCCCCCCCc1ccc(OC(C)=O)cc1. The van der Waals surface area contributed by atoms with Crippen LogP contribution in [-0.4, -0.2) is 5.97 Å². The van der Waals surface area contributed by atoms with E-state index in [0.717, 1.165) is 6.42 Å². The van der Waals surface area contributed by atoms with Crippen LogP contribution < -0.4 is 4.74 Å². The monoisotopic (exact) mass is 332 g/mol. The van der Waals surface area contributed by atoms with Crippen molar-refractivity contribution >= 4 is 5.97 Å². The first kappa shape index (κ1) is 20.7. The third-order valence-electron chi connectivity index (χ3n) is 4.50. The first-order chi connectivity index (χ1) is 11.7. The van der Waals surface area contributed by atoms with Gasteiger partial charge in [-0.25, -0.2) is 0 Å². The van der Waals surface area contributed by atoms with E-state index in [0.29, 0.717) is 5.75 Å². The molecule has 0 spiro atoms. The maximum absolute atomic E-state index is 10.9. The maximum Gasteiger partial charge on any atom is 0.308 e. The van der Waals surface area contributed by atoms with E-state index in [1.807, 2.05) is 12.1 Å². The van der Waals surface area contributed by atoms with Gasteiger partial charge in [-0.2, -0.15) is 0 Å². The van der Waals surface area contributed by atoms with Gasteiger partial charge in [-0.15, -0.1) is 0 Å². The molecule has 0 atom stereocenters. The number of aryl methyl sites for hydroxylation is 1. The largest absolute Gasteiger partial charge is 0.427 e. The summed E-state index contributed by atoms with van der Waals surface area (Å²) in [5, 5.41) is 0. The summed E-state index contributed by atoms with van der Waals surface area (Å²) < 4.78 is 5.05. The molecule has 1 rings (SSSR count). The Hall–Kier alpha value is -1.31. The van der Waals surface area contributed by atoms with Gasteiger partial charge in [-0.1, -0.05) is 89.7 Å². The number of carbonyl (C=O) groups excluding carboxylic acids is 1. The molecule has 0 radical (unpaired) electrons. The van der Waals surface area contributed by atoms with Gasteiger partial charge in [0, 0.05) is 6.92 Å². The lowest BCUT2D eigenvalue weighted by molar-refractivity contribution is -0.131. The second-order valence-electron chi connectivity index (χ2n) is 6.88. The number of hydrogen-bond acceptors (Lipinski definition) is 2. The van der Waals surface area contributed by atoms with E-state index in [1.165, 1.54) is 89.5 Å². The number of hydrogen-bond donors (Lipinski definition) is 0. The van der Waals surface area contributed by atoms with Crippen molar-refractivity contribution in [2.75, 3.05) is 0 Å². The highest BCUT2D eigenvalue weighted by Gasteiger charge is 1.99. The van der Waals surface area contributed by atoms with Crippen molar-refractivity contribution in [3.63, 3.8) is 0 Å². The molecule has 1 aromatic carbocycles. The highest BCUT2D eigenvalue weighted by atomic mass is 16.5. The summed E-state index contributed by atoms with van der Waals surface area (Å²) in [5.41, 5.74) is 1.33. The average molecular weight is 333 g/mol. The number of unbranched alkanes of at least 4 members (excludes halogenated alkanes) is 11. The van der Waals surface area contributed by atoms with E-state index >= 15 is 0 Å². The molecular formula is C22H36O2. The van der Waals surface area contributed by atoms with Crippen LogP contribution in [0, 0.1) is 0 Å². The predicted molar refractivity (Wildman–Crippen MR) is 103 cm³/mol. The van der Waals surface area contributed by atoms with E-state index in [2.05, 4.69) is 19.1 Å². The van der Waals surface area contributed by atoms with Crippen LogP contribution in [0.25, 0.3) is 0 Å². The van der Waals surface area contributed by atoms with Crippen molar-refractivity contribution in [2.45, 2.75) is 97.3 Å². The second kappa shape index (κ2) is 14.1. The molecule has 0 unspecified atom stereocenters. The van der Waals surface area contributed by atoms with E-state index in [9.17, 15) is 4.79 Å². The second-order valence-corrected chi connectivity index (χ2v) is 6.88. The van der Waals surface area contributed by atoms with Crippen molar-refractivity contribution in [1.82, 2.24) is 0 Å². The molecule has 136 valence electrons. The van der Waals surface area contributed by atoms with Crippen LogP contribution in [0.15, 0.2) is 24.3 Å². The molecule has 0 fully saturated rings. The number of esters is 1. The third kappa shape index (κ3) is 11.3. The van der Waals surface area contributed by atoms with Gasteiger partial charge in [-0.3, -0.25) is 4.79 Å². The zero-order valence-electron chi connectivity index (χ0n) is 15.8. The van der Waals surface area contributed by atoms with E-state index < -0.39 is 0 Å². The van der Waals surface area contributed by atoms with Crippen LogP contribution in [-0.2, 0) is 11.2 Å². The van der Waals surface area contributed by atoms with Gasteiger partial charge in [0.2, 0.25) is 0 Å². The Morgan fingerprint density at radius 1 is 0.750 bits per heavy atom. The summed E-state index contributed by atoms with van der Waals surface area (Å²) in [6.45, 7) is 3.71. The normalized spacial score (nSPS) is 10.8. The van der Waals surface area contributed by atoms with Crippen molar-refractivity contribution in [3.8, 4) is 5.75 Å². The van der Waals surface area contributed by atoms with Crippen LogP contribution in [0.4, 0.5) is 0 Å². The lowest BCUT2D eigenvalue weighted by atomic mass is 10.0. The molecule has 0 saturated carbocycles. The Morgan fingerprint density at radius 3 is 1.67 bits per heavy atom. The summed E-state index contributed by atoms with van der Waals surface area (Å²) in [6.07, 6.45) is 17.8. The van der Waals surface area contributed by atoms with Gasteiger partial charge < -0.3 is 4.74 Å². The number of carbonyl (C=O) groups is 1. The molecule has 0 aliphatic rings. The molecule has 0 aromatic heterocycles. The highest BCUT2D eigenvalue weighted by Crippen LogP contribution is 2.16. The molecular weight excluding hydrogens is 296 g/mol. The standard InChI is InChI=1S/C22H36O2/c1-3-4-5-6-7-8-9-10-11-12-13-14-15-21-16-18-22(19-17-21)24-20(2)23/h16-19H,3-15H2,1-2H3. The minimum absolute atomic E-state index is 0.260. The fourth-order valence-electron chi connectivity index (χ4n) is 3.06. The highest BCUT2D eigenvalue weighted by molar-refractivity contribution is 5.69. The molecule has 24 heavy (non-hydrogen) atoms. The first-order valence-corrected chi connectivity index (χ1v) is 9.99. The predicted octanol–water partition coefficient (Wildman–Crippen LogP) is 6.86. The molecule has 0 amide bonds. The van der Waals surface area contributed by atoms with Gasteiger partial charge in [-0.05, 0) is 30.5 Å². The van der Waals surface area contributed by atoms with Crippen molar-refractivity contribution in [3.05, 3.63) is 29.8 Å². The van der Waals surface area contributed by atoms with Gasteiger partial charge in [0.15, 0.2) is 0 Å². The molecule has 0 saturated heterocycles. The van der Waals surface area contributed by atoms with Crippen LogP contribution in [0.2, 0.25) is 0 Å². The molecule has 2 nitrogen and oxygen atoms in total. The Balaban J connectivity index is 1.92. The smallest absolute Gasteiger partial charge is 0.308 e.